The molecule has 0 saturated carbocycles. The summed E-state index contributed by atoms with van der Waals surface area (Å²) in [7, 11) is -3.12. The van der Waals surface area contributed by atoms with Crippen molar-refractivity contribution in [2.75, 3.05) is 19.3 Å². The second kappa shape index (κ2) is 6.90. The Labute approximate surface area is 128 Å². The first-order valence-corrected chi connectivity index (χ1v) is 9.58. The Morgan fingerprint density at radius 2 is 1.95 bits per heavy atom. The second-order valence-electron chi connectivity index (χ2n) is 5.98. The fourth-order valence-corrected chi connectivity index (χ4v) is 3.85. The quantitative estimate of drug-likeness (QED) is 0.907. The fourth-order valence-electron chi connectivity index (χ4n) is 3.22. The molecule has 0 aromatic heterocycles. The van der Waals surface area contributed by atoms with Crippen LogP contribution in [0.4, 0.5) is 0 Å². The molecule has 1 aromatic carbocycles. The van der Waals surface area contributed by atoms with Crippen LogP contribution in [0.3, 0.4) is 0 Å². The summed E-state index contributed by atoms with van der Waals surface area (Å²) in [5, 5.41) is 0. The van der Waals surface area contributed by atoms with Gasteiger partial charge in [-0.2, -0.15) is 0 Å². The molecule has 0 aliphatic carbocycles. The Balaban J connectivity index is 2.16. The summed E-state index contributed by atoms with van der Waals surface area (Å²) in [5.41, 5.74) is 6.91. The van der Waals surface area contributed by atoms with E-state index in [1.165, 1.54) is 31.1 Å². The predicted molar refractivity (Wildman–Crippen MR) is 86.0 cm³/mol. The minimum atomic E-state index is -3.12. The number of nitrogens with zero attached hydrogens (tertiary/aromatic N) is 1. The zero-order valence-corrected chi connectivity index (χ0v) is 13.8. The van der Waals surface area contributed by atoms with Crippen molar-refractivity contribution in [1.82, 2.24) is 4.90 Å². The summed E-state index contributed by atoms with van der Waals surface area (Å²) in [5.74, 6) is 0. The first-order valence-electron chi connectivity index (χ1n) is 7.69. The van der Waals surface area contributed by atoms with Crippen LogP contribution in [0.2, 0.25) is 0 Å². The van der Waals surface area contributed by atoms with Crippen molar-refractivity contribution >= 4 is 9.84 Å². The Kier molecular flexibility index (Phi) is 5.41. The molecule has 0 amide bonds. The third-order valence-corrected chi connectivity index (χ3v) is 5.59. The van der Waals surface area contributed by atoms with Crippen molar-refractivity contribution in [3.05, 3.63) is 29.8 Å². The molecule has 0 spiro atoms. The third-order valence-electron chi connectivity index (χ3n) is 4.46. The van der Waals surface area contributed by atoms with Crippen molar-refractivity contribution in [3.8, 4) is 0 Å². The monoisotopic (exact) mass is 310 g/mol. The number of sulfone groups is 1. The summed E-state index contributed by atoms with van der Waals surface area (Å²) in [6.07, 6.45) is 6.00. The maximum absolute atomic E-state index is 11.5. The van der Waals surface area contributed by atoms with Crippen LogP contribution >= 0.6 is 0 Å². The van der Waals surface area contributed by atoms with Crippen LogP contribution in [0.25, 0.3) is 0 Å². The van der Waals surface area contributed by atoms with Crippen LogP contribution in [0.15, 0.2) is 29.2 Å². The van der Waals surface area contributed by atoms with Crippen LogP contribution in [0.5, 0.6) is 0 Å². The lowest BCUT2D eigenvalue weighted by atomic mass is 9.95. The van der Waals surface area contributed by atoms with Crippen molar-refractivity contribution in [3.63, 3.8) is 0 Å². The molecule has 4 nitrogen and oxygen atoms in total. The fraction of sp³-hybridized carbons (Fsp3) is 0.625. The van der Waals surface area contributed by atoms with E-state index in [9.17, 15) is 8.42 Å². The third kappa shape index (κ3) is 4.05. The standard InChI is InChI=1S/C16H26N2O2S/c1-13(18-12-4-3-5-15(18)10-11-17)14-6-8-16(9-7-14)21(2,19)20/h6-9,13,15H,3-5,10-12,17H2,1-2H3. The summed E-state index contributed by atoms with van der Waals surface area (Å²) in [6, 6.07) is 8.15. The maximum atomic E-state index is 11.5. The number of rotatable bonds is 5. The summed E-state index contributed by atoms with van der Waals surface area (Å²) in [6.45, 7) is 4.02. The van der Waals surface area contributed by atoms with Crippen molar-refractivity contribution in [2.24, 2.45) is 5.73 Å². The van der Waals surface area contributed by atoms with Crippen molar-refractivity contribution < 1.29 is 8.42 Å². The highest BCUT2D eigenvalue weighted by molar-refractivity contribution is 7.90. The number of nitrogens with two attached hydrogens (primary N) is 1. The average molecular weight is 310 g/mol. The minimum Gasteiger partial charge on any atom is -0.330 e. The average Bonchev–Trinajstić information content (AvgIpc) is 2.47. The van der Waals surface area contributed by atoms with Gasteiger partial charge in [0.25, 0.3) is 0 Å². The van der Waals surface area contributed by atoms with Gasteiger partial charge < -0.3 is 5.73 Å². The van der Waals surface area contributed by atoms with E-state index in [-0.39, 0.29) is 0 Å². The van der Waals surface area contributed by atoms with E-state index in [1.54, 1.807) is 12.1 Å². The Hall–Kier alpha value is -0.910. The molecule has 5 heteroatoms. The van der Waals surface area contributed by atoms with Crippen LogP contribution < -0.4 is 5.73 Å². The summed E-state index contributed by atoms with van der Waals surface area (Å²) < 4.78 is 23.1. The van der Waals surface area contributed by atoms with E-state index in [2.05, 4.69) is 11.8 Å². The molecule has 118 valence electrons. The van der Waals surface area contributed by atoms with Crippen molar-refractivity contribution in [1.29, 1.82) is 0 Å². The maximum Gasteiger partial charge on any atom is 0.175 e. The molecule has 1 aliphatic heterocycles. The molecule has 2 unspecified atom stereocenters. The molecule has 1 aromatic rings. The van der Waals surface area contributed by atoms with Crippen LogP contribution in [-0.4, -0.2) is 38.7 Å². The zero-order chi connectivity index (χ0) is 15.5. The van der Waals surface area contributed by atoms with E-state index >= 15 is 0 Å². The predicted octanol–water partition coefficient (Wildman–Crippen LogP) is 2.35. The highest BCUT2D eigenvalue weighted by Gasteiger charge is 2.26. The number of likely N-dealkylation sites (tertiary alicyclic amines) is 1. The van der Waals surface area contributed by atoms with E-state index in [4.69, 9.17) is 5.73 Å². The van der Waals surface area contributed by atoms with Gasteiger partial charge in [-0.1, -0.05) is 18.6 Å². The van der Waals surface area contributed by atoms with Crippen LogP contribution in [-0.2, 0) is 9.84 Å². The molecular formula is C16H26N2O2S. The van der Waals surface area contributed by atoms with E-state index in [0.717, 1.165) is 19.5 Å². The molecule has 0 radical (unpaired) electrons. The van der Waals surface area contributed by atoms with Crippen molar-refractivity contribution in [2.45, 2.75) is 49.6 Å². The number of benzene rings is 1. The molecule has 1 saturated heterocycles. The largest absolute Gasteiger partial charge is 0.330 e. The van der Waals surface area contributed by atoms with E-state index in [0.29, 0.717) is 17.0 Å². The van der Waals surface area contributed by atoms with Crippen LogP contribution in [0.1, 0.15) is 44.2 Å². The van der Waals surface area contributed by atoms with Gasteiger partial charge in [-0.3, -0.25) is 4.90 Å². The van der Waals surface area contributed by atoms with Gasteiger partial charge in [0.15, 0.2) is 9.84 Å². The molecule has 2 N–H and O–H groups in total. The van der Waals surface area contributed by atoms with E-state index in [1.807, 2.05) is 12.1 Å². The molecule has 1 fully saturated rings. The second-order valence-corrected chi connectivity index (χ2v) is 8.00. The molecule has 1 aliphatic rings. The van der Waals surface area contributed by atoms with Gasteiger partial charge in [-0.15, -0.1) is 0 Å². The lowest BCUT2D eigenvalue weighted by Gasteiger charge is -2.40. The van der Waals surface area contributed by atoms with Gasteiger partial charge in [0.2, 0.25) is 0 Å². The smallest absolute Gasteiger partial charge is 0.175 e. The first-order chi connectivity index (χ1) is 9.93. The molecule has 21 heavy (non-hydrogen) atoms. The highest BCUT2D eigenvalue weighted by atomic mass is 32.2. The summed E-state index contributed by atoms with van der Waals surface area (Å²) in [4.78, 5) is 2.90. The van der Waals surface area contributed by atoms with Gasteiger partial charge in [-0.25, -0.2) is 8.42 Å². The lowest BCUT2D eigenvalue weighted by Crippen LogP contribution is -2.42. The SMILES string of the molecule is CC(c1ccc(S(C)(=O)=O)cc1)N1CCCCC1CCN. The number of hydrogen-bond acceptors (Lipinski definition) is 4. The molecular weight excluding hydrogens is 284 g/mol. The van der Waals surface area contributed by atoms with Gasteiger partial charge in [-0.05, 0) is 57.0 Å². The molecule has 2 atom stereocenters. The highest BCUT2D eigenvalue weighted by Crippen LogP contribution is 2.30. The molecule has 2 rings (SSSR count). The Morgan fingerprint density at radius 1 is 1.29 bits per heavy atom. The lowest BCUT2D eigenvalue weighted by molar-refractivity contribution is 0.0984. The molecule has 0 bridgehead atoms. The Morgan fingerprint density at radius 3 is 2.52 bits per heavy atom. The normalized spacial score (nSPS) is 22.1. The van der Waals surface area contributed by atoms with Gasteiger partial charge in [0, 0.05) is 18.3 Å². The minimum absolute atomic E-state index is 0.301. The zero-order valence-electron chi connectivity index (χ0n) is 13.0. The first kappa shape index (κ1) is 16.5. The van der Waals surface area contributed by atoms with Crippen LogP contribution in [0, 0.1) is 0 Å². The van der Waals surface area contributed by atoms with Gasteiger partial charge >= 0.3 is 0 Å². The number of hydrogen-bond donors (Lipinski definition) is 1. The Bertz CT molecular complexity index is 552. The summed E-state index contributed by atoms with van der Waals surface area (Å²) >= 11 is 0. The van der Waals surface area contributed by atoms with Gasteiger partial charge in [0.1, 0.15) is 0 Å². The van der Waals surface area contributed by atoms with E-state index < -0.39 is 9.84 Å². The molecule has 1 heterocycles. The van der Waals surface area contributed by atoms with Gasteiger partial charge in [0.05, 0.1) is 4.90 Å². The topological polar surface area (TPSA) is 63.4 Å². The number of piperidine rings is 1.